The Hall–Kier alpha value is -3.12. The first-order valence-corrected chi connectivity index (χ1v) is 10.0. The largest absolute Gasteiger partial charge is 0.497 e. The molecule has 0 aliphatic rings. The molecule has 0 radical (unpaired) electrons. The first-order valence-electron chi connectivity index (χ1n) is 9.15. The van der Waals surface area contributed by atoms with Gasteiger partial charge in [0.05, 0.1) is 19.2 Å². The number of methoxy groups -OCH3 is 1. The lowest BCUT2D eigenvalue weighted by atomic mass is 10.1. The number of hydrogen-bond acceptors (Lipinski definition) is 4. The quantitative estimate of drug-likeness (QED) is 0.513. The van der Waals surface area contributed by atoms with Gasteiger partial charge in [0, 0.05) is 28.5 Å². The molecular formula is C22H21N3O2S. The Kier molecular flexibility index (Phi) is 5.12. The molecule has 0 spiro atoms. The van der Waals surface area contributed by atoms with Crippen LogP contribution in [0.3, 0.4) is 0 Å². The average molecular weight is 391 g/mol. The van der Waals surface area contributed by atoms with Crippen molar-refractivity contribution in [2.75, 3.05) is 12.4 Å². The number of rotatable bonds is 6. The molecule has 0 fully saturated rings. The van der Waals surface area contributed by atoms with Crippen molar-refractivity contribution in [3.63, 3.8) is 0 Å². The van der Waals surface area contributed by atoms with Crippen LogP contribution in [0.2, 0.25) is 0 Å². The summed E-state index contributed by atoms with van der Waals surface area (Å²) in [4.78, 5) is 18.1. The molecule has 2 heterocycles. The first kappa shape index (κ1) is 18.3. The van der Waals surface area contributed by atoms with Crippen LogP contribution in [-0.2, 0) is 17.6 Å². The molecule has 142 valence electrons. The summed E-state index contributed by atoms with van der Waals surface area (Å²) in [6, 6.07) is 15.8. The highest BCUT2D eigenvalue weighted by atomic mass is 32.1. The number of fused-ring (bicyclic) bond motifs is 1. The fourth-order valence-corrected chi connectivity index (χ4v) is 3.97. The van der Waals surface area contributed by atoms with Gasteiger partial charge in [0.2, 0.25) is 5.91 Å². The summed E-state index contributed by atoms with van der Waals surface area (Å²) >= 11 is 1.54. The number of nitrogens with zero attached hydrogens (tertiary/aromatic N) is 2. The summed E-state index contributed by atoms with van der Waals surface area (Å²) in [5.41, 5.74) is 4.86. The van der Waals surface area contributed by atoms with Crippen LogP contribution in [0.4, 0.5) is 5.69 Å². The molecule has 2 aromatic carbocycles. The van der Waals surface area contributed by atoms with E-state index < -0.39 is 0 Å². The monoisotopic (exact) mass is 391 g/mol. The van der Waals surface area contributed by atoms with Gasteiger partial charge in [0.1, 0.15) is 5.75 Å². The van der Waals surface area contributed by atoms with Gasteiger partial charge in [-0.3, -0.25) is 9.20 Å². The molecule has 28 heavy (non-hydrogen) atoms. The van der Waals surface area contributed by atoms with Crippen LogP contribution in [0.5, 0.6) is 5.75 Å². The summed E-state index contributed by atoms with van der Waals surface area (Å²) in [5.74, 6) is 0.780. The predicted octanol–water partition coefficient (Wildman–Crippen LogP) is 4.82. The minimum atomic E-state index is -0.0346. The Bertz CT molecular complexity index is 1110. The van der Waals surface area contributed by atoms with E-state index in [9.17, 15) is 4.79 Å². The van der Waals surface area contributed by atoms with Crippen molar-refractivity contribution >= 4 is 27.9 Å². The number of carbonyl (C=O) groups is 1. The van der Waals surface area contributed by atoms with Gasteiger partial charge in [-0.1, -0.05) is 19.1 Å². The third-order valence-corrected chi connectivity index (χ3v) is 5.52. The molecule has 0 saturated carbocycles. The van der Waals surface area contributed by atoms with E-state index in [0.717, 1.165) is 39.8 Å². The van der Waals surface area contributed by atoms with Crippen molar-refractivity contribution in [1.29, 1.82) is 0 Å². The molecule has 0 aliphatic carbocycles. The summed E-state index contributed by atoms with van der Waals surface area (Å²) in [6.45, 7) is 2.10. The fourth-order valence-electron chi connectivity index (χ4n) is 3.10. The SMILES string of the molecule is CCc1cccc(NC(=O)Cc2csc3nc(-c4ccc(OC)cc4)cn23)c1. The van der Waals surface area contributed by atoms with Crippen LogP contribution in [-0.4, -0.2) is 22.4 Å². The van der Waals surface area contributed by atoms with E-state index in [1.54, 1.807) is 7.11 Å². The molecule has 2 aromatic heterocycles. The van der Waals surface area contributed by atoms with Gasteiger partial charge in [-0.05, 0) is 48.4 Å². The fraction of sp³-hybridized carbons (Fsp3) is 0.182. The molecule has 4 aromatic rings. The maximum absolute atomic E-state index is 12.5. The Morgan fingerprint density at radius 1 is 1.21 bits per heavy atom. The first-order chi connectivity index (χ1) is 13.7. The molecular weight excluding hydrogens is 370 g/mol. The number of carbonyl (C=O) groups excluding carboxylic acids is 1. The molecule has 0 aliphatic heterocycles. The minimum absolute atomic E-state index is 0.0346. The number of amides is 1. The average Bonchev–Trinajstić information content (AvgIpc) is 3.30. The smallest absolute Gasteiger partial charge is 0.230 e. The van der Waals surface area contributed by atoms with Crippen LogP contribution in [0.1, 0.15) is 18.2 Å². The number of ether oxygens (including phenoxy) is 1. The van der Waals surface area contributed by atoms with Gasteiger partial charge in [-0.15, -0.1) is 11.3 Å². The summed E-state index contributed by atoms with van der Waals surface area (Å²) < 4.78 is 7.20. The number of hydrogen-bond donors (Lipinski definition) is 1. The van der Waals surface area contributed by atoms with Crippen LogP contribution in [0.15, 0.2) is 60.1 Å². The van der Waals surface area contributed by atoms with E-state index in [0.29, 0.717) is 6.42 Å². The van der Waals surface area contributed by atoms with Crippen molar-refractivity contribution < 1.29 is 9.53 Å². The molecule has 4 rings (SSSR count). The zero-order valence-corrected chi connectivity index (χ0v) is 16.6. The lowest BCUT2D eigenvalue weighted by molar-refractivity contribution is -0.115. The molecule has 1 amide bonds. The Morgan fingerprint density at radius 2 is 2.04 bits per heavy atom. The van der Waals surface area contributed by atoms with Crippen molar-refractivity contribution in [3.8, 4) is 17.0 Å². The minimum Gasteiger partial charge on any atom is -0.497 e. The number of anilines is 1. The van der Waals surface area contributed by atoms with Gasteiger partial charge in [-0.25, -0.2) is 4.98 Å². The second kappa shape index (κ2) is 7.86. The van der Waals surface area contributed by atoms with Gasteiger partial charge < -0.3 is 10.1 Å². The third-order valence-electron chi connectivity index (χ3n) is 4.63. The molecule has 0 atom stereocenters. The maximum Gasteiger partial charge on any atom is 0.230 e. The molecule has 0 unspecified atom stereocenters. The van der Waals surface area contributed by atoms with Crippen LogP contribution >= 0.6 is 11.3 Å². The van der Waals surface area contributed by atoms with E-state index in [1.165, 1.54) is 16.9 Å². The molecule has 1 N–H and O–H groups in total. The zero-order chi connectivity index (χ0) is 19.5. The molecule has 6 heteroatoms. The normalized spacial score (nSPS) is 10.9. The molecule has 0 bridgehead atoms. The number of imidazole rings is 1. The van der Waals surface area contributed by atoms with E-state index in [2.05, 4.69) is 23.3 Å². The van der Waals surface area contributed by atoms with Crippen LogP contribution in [0.25, 0.3) is 16.2 Å². The highest BCUT2D eigenvalue weighted by Gasteiger charge is 2.13. The molecule has 5 nitrogen and oxygen atoms in total. The lowest BCUT2D eigenvalue weighted by Crippen LogP contribution is -2.15. The Morgan fingerprint density at radius 3 is 2.79 bits per heavy atom. The van der Waals surface area contributed by atoms with Gasteiger partial charge >= 0.3 is 0 Å². The van der Waals surface area contributed by atoms with Crippen molar-refractivity contribution in [1.82, 2.24) is 9.38 Å². The third kappa shape index (κ3) is 3.77. The van der Waals surface area contributed by atoms with Crippen LogP contribution in [0, 0.1) is 0 Å². The van der Waals surface area contributed by atoms with Crippen molar-refractivity contribution in [2.45, 2.75) is 19.8 Å². The predicted molar refractivity (Wildman–Crippen MR) is 113 cm³/mol. The Balaban J connectivity index is 1.52. The number of benzene rings is 2. The lowest BCUT2D eigenvalue weighted by Gasteiger charge is -2.06. The number of thiazole rings is 1. The number of nitrogens with one attached hydrogen (secondary N) is 1. The van der Waals surface area contributed by atoms with Crippen LogP contribution < -0.4 is 10.1 Å². The van der Waals surface area contributed by atoms with Gasteiger partial charge in [0.15, 0.2) is 4.96 Å². The zero-order valence-electron chi connectivity index (χ0n) is 15.8. The Labute approximate surface area is 167 Å². The van der Waals surface area contributed by atoms with Crippen molar-refractivity contribution in [3.05, 3.63) is 71.4 Å². The maximum atomic E-state index is 12.5. The van der Waals surface area contributed by atoms with E-state index in [4.69, 9.17) is 4.74 Å². The summed E-state index contributed by atoms with van der Waals surface area (Å²) in [6.07, 6.45) is 3.22. The van der Waals surface area contributed by atoms with E-state index >= 15 is 0 Å². The highest BCUT2D eigenvalue weighted by molar-refractivity contribution is 7.15. The standard InChI is InChI=1S/C22H21N3O2S/c1-3-15-5-4-6-17(11-15)23-21(26)12-18-14-28-22-24-20(13-25(18)22)16-7-9-19(27-2)10-8-16/h4-11,13-14H,3,12H2,1-2H3,(H,23,26). The topological polar surface area (TPSA) is 55.6 Å². The second-order valence-electron chi connectivity index (χ2n) is 6.51. The van der Waals surface area contributed by atoms with E-state index in [-0.39, 0.29) is 5.91 Å². The van der Waals surface area contributed by atoms with E-state index in [1.807, 2.05) is 58.4 Å². The summed E-state index contributed by atoms with van der Waals surface area (Å²) in [5, 5.41) is 4.98. The second-order valence-corrected chi connectivity index (χ2v) is 7.35. The number of aryl methyl sites for hydroxylation is 1. The van der Waals surface area contributed by atoms with Gasteiger partial charge in [-0.2, -0.15) is 0 Å². The summed E-state index contributed by atoms with van der Waals surface area (Å²) in [7, 11) is 1.65. The molecule has 0 saturated heterocycles. The highest BCUT2D eigenvalue weighted by Crippen LogP contribution is 2.25. The van der Waals surface area contributed by atoms with Crippen molar-refractivity contribution in [2.24, 2.45) is 0 Å². The van der Waals surface area contributed by atoms with Gasteiger partial charge in [0.25, 0.3) is 0 Å². The number of aromatic nitrogens is 2.